The van der Waals surface area contributed by atoms with E-state index in [9.17, 15) is 4.79 Å². The molecule has 0 saturated carbocycles. The van der Waals surface area contributed by atoms with E-state index in [0.717, 1.165) is 47.9 Å². The fourth-order valence-electron chi connectivity index (χ4n) is 4.46. The zero-order chi connectivity index (χ0) is 23.5. The van der Waals surface area contributed by atoms with Crippen LogP contribution in [0.3, 0.4) is 0 Å². The summed E-state index contributed by atoms with van der Waals surface area (Å²) >= 11 is 0. The molecule has 0 atom stereocenters. The predicted molar refractivity (Wildman–Crippen MR) is 132 cm³/mol. The van der Waals surface area contributed by atoms with Crippen LogP contribution < -0.4 is 9.47 Å². The quantitative estimate of drug-likeness (QED) is 0.439. The van der Waals surface area contributed by atoms with Crippen LogP contribution in [0, 0.1) is 0 Å². The summed E-state index contributed by atoms with van der Waals surface area (Å²) in [5.41, 5.74) is 4.87. The van der Waals surface area contributed by atoms with Gasteiger partial charge in [0.15, 0.2) is 11.5 Å². The van der Waals surface area contributed by atoms with E-state index in [2.05, 4.69) is 16.0 Å². The summed E-state index contributed by atoms with van der Waals surface area (Å²) in [6.07, 6.45) is 1.82. The highest BCUT2D eigenvalue weighted by Gasteiger charge is 2.22. The summed E-state index contributed by atoms with van der Waals surface area (Å²) in [6, 6.07) is 21.8. The minimum absolute atomic E-state index is 0.0767. The number of nitrogens with zero attached hydrogens (tertiary/aromatic N) is 4. The highest BCUT2D eigenvalue weighted by molar-refractivity contribution is 5.94. The van der Waals surface area contributed by atoms with Gasteiger partial charge in [-0.25, -0.2) is 4.98 Å². The summed E-state index contributed by atoms with van der Waals surface area (Å²) in [4.78, 5) is 21.8. The molecule has 5 rings (SSSR count). The van der Waals surface area contributed by atoms with Crippen LogP contribution in [-0.4, -0.2) is 65.7 Å². The molecule has 1 aliphatic rings. The Morgan fingerprint density at radius 3 is 2.35 bits per heavy atom. The van der Waals surface area contributed by atoms with E-state index in [1.54, 1.807) is 14.2 Å². The number of para-hydroxylation sites is 2. The van der Waals surface area contributed by atoms with E-state index in [-0.39, 0.29) is 5.91 Å². The molecule has 0 N–H and O–H groups in total. The van der Waals surface area contributed by atoms with Crippen LogP contribution in [-0.2, 0) is 6.54 Å². The van der Waals surface area contributed by atoms with Gasteiger partial charge in [-0.3, -0.25) is 14.3 Å². The van der Waals surface area contributed by atoms with Crippen LogP contribution in [0.15, 0.2) is 73.1 Å². The maximum absolute atomic E-state index is 13.1. The van der Waals surface area contributed by atoms with Crippen LogP contribution in [0.1, 0.15) is 15.9 Å². The van der Waals surface area contributed by atoms with E-state index in [0.29, 0.717) is 18.7 Å². The van der Waals surface area contributed by atoms with Gasteiger partial charge in [-0.15, -0.1) is 0 Å². The average molecular weight is 457 g/mol. The lowest BCUT2D eigenvalue weighted by Crippen LogP contribution is -2.48. The molecular weight excluding hydrogens is 428 g/mol. The molecule has 7 heteroatoms. The van der Waals surface area contributed by atoms with Crippen molar-refractivity contribution in [3.8, 4) is 17.2 Å². The standard InChI is InChI=1S/C27H28N4O3/c1-33-25-12-7-20(17-26(25)34-2)18-29-13-15-30(16-14-29)27(32)21-8-10-22(11-9-21)31-19-28-23-5-3-4-6-24(23)31/h3-12,17,19H,13-16,18H2,1-2H3. The molecule has 34 heavy (non-hydrogen) atoms. The highest BCUT2D eigenvalue weighted by atomic mass is 16.5. The van der Waals surface area contributed by atoms with E-state index in [1.165, 1.54) is 5.56 Å². The summed E-state index contributed by atoms with van der Waals surface area (Å²) in [7, 11) is 3.29. The molecule has 1 fully saturated rings. The van der Waals surface area contributed by atoms with Crippen molar-refractivity contribution < 1.29 is 14.3 Å². The first-order valence-corrected chi connectivity index (χ1v) is 11.4. The molecule has 1 saturated heterocycles. The normalized spacial score (nSPS) is 14.4. The molecule has 0 aliphatic carbocycles. The number of hydrogen-bond donors (Lipinski definition) is 0. The third kappa shape index (κ3) is 4.34. The molecule has 1 aromatic heterocycles. The maximum Gasteiger partial charge on any atom is 0.253 e. The van der Waals surface area contributed by atoms with Gasteiger partial charge in [-0.2, -0.15) is 0 Å². The number of amides is 1. The summed E-state index contributed by atoms with van der Waals surface area (Å²) in [5.74, 6) is 1.54. The van der Waals surface area contributed by atoms with Crippen molar-refractivity contribution in [3.63, 3.8) is 0 Å². The summed E-state index contributed by atoms with van der Waals surface area (Å²) in [6.45, 7) is 3.90. The van der Waals surface area contributed by atoms with E-state index in [1.807, 2.05) is 76.5 Å². The van der Waals surface area contributed by atoms with Crippen LogP contribution in [0.2, 0.25) is 0 Å². The molecule has 4 aromatic rings. The number of aromatic nitrogens is 2. The number of carbonyl (C=O) groups excluding carboxylic acids is 1. The smallest absolute Gasteiger partial charge is 0.253 e. The minimum Gasteiger partial charge on any atom is -0.493 e. The van der Waals surface area contributed by atoms with Crippen molar-refractivity contribution in [1.82, 2.24) is 19.4 Å². The van der Waals surface area contributed by atoms with Crippen LogP contribution >= 0.6 is 0 Å². The van der Waals surface area contributed by atoms with Crippen LogP contribution in [0.4, 0.5) is 0 Å². The number of benzene rings is 3. The van der Waals surface area contributed by atoms with Gasteiger partial charge in [0.05, 0.1) is 25.3 Å². The Bertz CT molecular complexity index is 1290. The number of carbonyl (C=O) groups is 1. The summed E-state index contributed by atoms with van der Waals surface area (Å²) in [5, 5.41) is 0. The van der Waals surface area contributed by atoms with Gasteiger partial charge in [-0.1, -0.05) is 18.2 Å². The van der Waals surface area contributed by atoms with Crippen molar-refractivity contribution in [2.75, 3.05) is 40.4 Å². The largest absolute Gasteiger partial charge is 0.493 e. The Hall–Kier alpha value is -3.84. The predicted octanol–water partition coefficient (Wildman–Crippen LogP) is 4.00. The van der Waals surface area contributed by atoms with Gasteiger partial charge in [-0.05, 0) is 54.1 Å². The number of rotatable bonds is 6. The lowest BCUT2D eigenvalue weighted by molar-refractivity contribution is 0.0628. The fraction of sp³-hybridized carbons (Fsp3) is 0.259. The Kier molecular flexibility index (Phi) is 6.18. The lowest BCUT2D eigenvalue weighted by Gasteiger charge is -2.35. The van der Waals surface area contributed by atoms with Gasteiger partial charge < -0.3 is 14.4 Å². The van der Waals surface area contributed by atoms with Crippen molar-refractivity contribution in [3.05, 3.63) is 84.2 Å². The Morgan fingerprint density at radius 2 is 1.62 bits per heavy atom. The first-order valence-electron chi connectivity index (χ1n) is 11.4. The molecule has 7 nitrogen and oxygen atoms in total. The van der Waals surface area contributed by atoms with E-state index < -0.39 is 0 Å². The van der Waals surface area contributed by atoms with Crippen LogP contribution in [0.5, 0.6) is 11.5 Å². The molecule has 174 valence electrons. The lowest BCUT2D eigenvalue weighted by atomic mass is 10.1. The number of ether oxygens (including phenoxy) is 2. The third-order valence-electron chi connectivity index (χ3n) is 6.36. The summed E-state index contributed by atoms with van der Waals surface area (Å²) < 4.78 is 12.8. The van der Waals surface area contributed by atoms with Gasteiger partial charge in [0.2, 0.25) is 0 Å². The van der Waals surface area contributed by atoms with Crippen molar-refractivity contribution in [2.45, 2.75) is 6.54 Å². The number of imidazole rings is 1. The first-order chi connectivity index (χ1) is 16.7. The Labute approximate surface area is 199 Å². The fourth-order valence-corrected chi connectivity index (χ4v) is 4.46. The first kappa shape index (κ1) is 22.0. The van der Waals surface area contributed by atoms with Crippen LogP contribution in [0.25, 0.3) is 16.7 Å². The second-order valence-corrected chi connectivity index (χ2v) is 8.41. The maximum atomic E-state index is 13.1. The SMILES string of the molecule is COc1ccc(CN2CCN(C(=O)c3ccc(-n4cnc5ccccc54)cc3)CC2)cc1OC. The van der Waals surface area contributed by atoms with Crippen molar-refractivity contribution in [1.29, 1.82) is 0 Å². The Morgan fingerprint density at radius 1 is 0.882 bits per heavy atom. The van der Waals surface area contributed by atoms with Crippen molar-refractivity contribution in [2.24, 2.45) is 0 Å². The second-order valence-electron chi connectivity index (χ2n) is 8.41. The topological polar surface area (TPSA) is 59.8 Å². The molecule has 1 amide bonds. The van der Waals surface area contributed by atoms with E-state index in [4.69, 9.17) is 9.47 Å². The molecule has 0 unspecified atom stereocenters. The monoisotopic (exact) mass is 456 g/mol. The van der Waals surface area contributed by atoms with E-state index >= 15 is 0 Å². The van der Waals surface area contributed by atoms with Gasteiger partial charge in [0, 0.05) is 44.0 Å². The molecule has 0 spiro atoms. The second kappa shape index (κ2) is 9.57. The molecule has 0 bridgehead atoms. The number of hydrogen-bond acceptors (Lipinski definition) is 5. The molecule has 0 radical (unpaired) electrons. The third-order valence-corrected chi connectivity index (χ3v) is 6.36. The molecule has 2 heterocycles. The number of methoxy groups -OCH3 is 2. The van der Waals surface area contributed by atoms with Crippen molar-refractivity contribution >= 4 is 16.9 Å². The Balaban J connectivity index is 1.20. The van der Waals surface area contributed by atoms with Gasteiger partial charge in [0.25, 0.3) is 5.91 Å². The molecular formula is C27H28N4O3. The molecule has 3 aromatic carbocycles. The molecule has 1 aliphatic heterocycles. The minimum atomic E-state index is 0.0767. The zero-order valence-electron chi connectivity index (χ0n) is 19.5. The zero-order valence-corrected chi connectivity index (χ0v) is 19.5. The average Bonchev–Trinajstić information content (AvgIpc) is 3.33. The number of fused-ring (bicyclic) bond motifs is 1. The van der Waals surface area contributed by atoms with Gasteiger partial charge in [0.1, 0.15) is 6.33 Å². The van der Waals surface area contributed by atoms with Gasteiger partial charge >= 0.3 is 0 Å². The highest BCUT2D eigenvalue weighted by Crippen LogP contribution is 2.28. The number of piperazine rings is 1.